The minimum Gasteiger partial charge on any atom is -0.484 e. The van der Waals surface area contributed by atoms with Crippen molar-refractivity contribution in [3.63, 3.8) is 0 Å². The maximum Gasteiger partial charge on any atom is 0.264 e. The largest absolute Gasteiger partial charge is 0.484 e. The Morgan fingerprint density at radius 3 is 2.75 bits per heavy atom. The first-order valence-corrected chi connectivity index (χ1v) is 7.91. The molecular weight excluding hydrogens is 306 g/mol. The predicted molar refractivity (Wildman–Crippen MR) is 89.2 cm³/mol. The van der Waals surface area contributed by atoms with E-state index in [2.05, 4.69) is 15.3 Å². The van der Waals surface area contributed by atoms with Crippen molar-refractivity contribution < 1.29 is 14.3 Å². The normalized spacial score (nSPS) is 16.4. The molecule has 0 bridgehead atoms. The zero-order valence-electron chi connectivity index (χ0n) is 13.7. The van der Waals surface area contributed by atoms with E-state index in [9.17, 15) is 9.59 Å². The number of ketones is 1. The maximum absolute atomic E-state index is 12.1. The highest BCUT2D eigenvalue weighted by Gasteiger charge is 2.26. The van der Waals surface area contributed by atoms with Crippen LogP contribution in [0.25, 0.3) is 0 Å². The summed E-state index contributed by atoms with van der Waals surface area (Å²) in [4.78, 5) is 32.7. The molecule has 1 aliphatic rings. The number of hydrogen-bond donors (Lipinski definition) is 1. The summed E-state index contributed by atoms with van der Waals surface area (Å²) in [6, 6.07) is 9.10. The van der Waals surface area contributed by atoms with Gasteiger partial charge >= 0.3 is 0 Å². The van der Waals surface area contributed by atoms with E-state index in [4.69, 9.17) is 4.74 Å². The van der Waals surface area contributed by atoms with Crippen molar-refractivity contribution in [2.24, 2.45) is 5.92 Å². The maximum atomic E-state index is 12.1. The lowest BCUT2D eigenvalue weighted by molar-refractivity contribution is -0.118. The molecule has 0 saturated heterocycles. The molecule has 1 aromatic carbocycles. The minimum absolute atomic E-state index is 0.0755. The Kier molecular flexibility index (Phi) is 4.55. The molecule has 3 rings (SSSR count). The number of rotatable bonds is 4. The Balaban J connectivity index is 1.69. The second-order valence-corrected chi connectivity index (χ2v) is 6.04. The Morgan fingerprint density at radius 1 is 1.25 bits per heavy atom. The standard InChI is InChI=1S/C18H19N3O3/c1-11-8-14-17(15(22)9-11)12(2)19-18(20-14)21-16(23)10-24-13-6-4-3-5-7-13/h3-7,11H,8-10H2,1-2H3,(H,19,20,21,23)/t11-/m0/s1. The Hall–Kier alpha value is -2.76. The van der Waals surface area contributed by atoms with Gasteiger partial charge in [0.25, 0.3) is 5.91 Å². The Bertz CT molecular complexity index is 775. The van der Waals surface area contributed by atoms with Gasteiger partial charge in [0.05, 0.1) is 17.0 Å². The molecule has 0 aliphatic heterocycles. The molecule has 1 aromatic heterocycles. The quantitative estimate of drug-likeness (QED) is 0.934. The Labute approximate surface area is 140 Å². The highest BCUT2D eigenvalue weighted by molar-refractivity contribution is 5.99. The number of nitrogens with zero attached hydrogens (tertiary/aromatic N) is 2. The highest BCUT2D eigenvalue weighted by Crippen LogP contribution is 2.26. The predicted octanol–water partition coefficient (Wildman–Crippen LogP) is 2.57. The summed E-state index contributed by atoms with van der Waals surface area (Å²) in [7, 11) is 0. The average Bonchev–Trinajstić information content (AvgIpc) is 2.53. The van der Waals surface area contributed by atoms with E-state index in [0.29, 0.717) is 35.5 Å². The Morgan fingerprint density at radius 2 is 2.00 bits per heavy atom. The summed E-state index contributed by atoms with van der Waals surface area (Å²) in [5, 5.41) is 2.64. The zero-order valence-corrected chi connectivity index (χ0v) is 13.7. The topological polar surface area (TPSA) is 81.2 Å². The number of amides is 1. The molecule has 124 valence electrons. The van der Waals surface area contributed by atoms with Gasteiger partial charge in [-0.3, -0.25) is 14.9 Å². The lowest BCUT2D eigenvalue weighted by Gasteiger charge is -2.21. The van der Waals surface area contributed by atoms with Gasteiger partial charge in [-0.25, -0.2) is 9.97 Å². The van der Waals surface area contributed by atoms with Gasteiger partial charge in [-0.15, -0.1) is 0 Å². The number of benzene rings is 1. The van der Waals surface area contributed by atoms with Crippen LogP contribution in [0.5, 0.6) is 5.75 Å². The third-order valence-electron chi connectivity index (χ3n) is 3.88. The molecule has 2 aromatic rings. The van der Waals surface area contributed by atoms with E-state index in [0.717, 1.165) is 0 Å². The van der Waals surface area contributed by atoms with Crippen molar-refractivity contribution in [2.75, 3.05) is 11.9 Å². The minimum atomic E-state index is -0.339. The van der Waals surface area contributed by atoms with Gasteiger partial charge in [-0.05, 0) is 31.4 Å². The van der Waals surface area contributed by atoms with Crippen LogP contribution in [0.2, 0.25) is 0 Å². The van der Waals surface area contributed by atoms with Crippen molar-refractivity contribution in [1.29, 1.82) is 0 Å². The van der Waals surface area contributed by atoms with Crippen LogP contribution >= 0.6 is 0 Å². The van der Waals surface area contributed by atoms with Gasteiger partial charge in [-0.1, -0.05) is 25.1 Å². The number of hydrogen-bond acceptors (Lipinski definition) is 5. The van der Waals surface area contributed by atoms with E-state index in [1.165, 1.54) is 0 Å². The van der Waals surface area contributed by atoms with Gasteiger partial charge in [0, 0.05) is 6.42 Å². The second kappa shape index (κ2) is 6.78. The lowest BCUT2D eigenvalue weighted by Crippen LogP contribution is -2.25. The molecule has 0 fully saturated rings. The summed E-state index contributed by atoms with van der Waals surface area (Å²) < 4.78 is 5.40. The van der Waals surface area contributed by atoms with Crippen molar-refractivity contribution in [3.05, 3.63) is 47.3 Å². The summed E-state index contributed by atoms with van der Waals surface area (Å²) >= 11 is 0. The summed E-state index contributed by atoms with van der Waals surface area (Å²) in [5.74, 6) is 0.827. The number of Topliss-reactive ketones (excluding diaryl/α,β-unsaturated/α-hetero) is 1. The number of carbonyl (C=O) groups is 2. The number of nitrogens with one attached hydrogen (secondary N) is 1. The summed E-state index contributed by atoms with van der Waals surface area (Å²) in [5.41, 5.74) is 1.92. The van der Waals surface area contributed by atoms with Crippen LogP contribution in [0, 0.1) is 12.8 Å². The molecule has 1 atom stereocenters. The van der Waals surface area contributed by atoms with E-state index in [-0.39, 0.29) is 30.2 Å². The smallest absolute Gasteiger partial charge is 0.264 e. The molecular formula is C18H19N3O3. The number of aryl methyl sites for hydroxylation is 1. The molecule has 1 aliphatic carbocycles. The van der Waals surface area contributed by atoms with Crippen LogP contribution in [-0.4, -0.2) is 28.3 Å². The first-order chi connectivity index (χ1) is 11.5. The van der Waals surface area contributed by atoms with Gasteiger partial charge in [0.1, 0.15) is 5.75 Å². The molecule has 0 spiro atoms. The first kappa shape index (κ1) is 16.1. The highest BCUT2D eigenvalue weighted by atomic mass is 16.5. The van der Waals surface area contributed by atoms with Crippen molar-refractivity contribution >= 4 is 17.6 Å². The molecule has 1 heterocycles. The third kappa shape index (κ3) is 3.59. The number of fused-ring (bicyclic) bond motifs is 1. The molecule has 6 nitrogen and oxygen atoms in total. The number of ether oxygens (including phenoxy) is 1. The fourth-order valence-electron chi connectivity index (χ4n) is 2.85. The van der Waals surface area contributed by atoms with E-state index in [1.807, 2.05) is 25.1 Å². The summed E-state index contributed by atoms with van der Waals surface area (Å²) in [6.45, 7) is 3.66. The SMILES string of the molecule is Cc1nc(NC(=O)COc2ccccc2)nc2c1C(=O)C[C@@H](C)C2. The van der Waals surface area contributed by atoms with E-state index >= 15 is 0 Å². The van der Waals surface area contributed by atoms with Crippen molar-refractivity contribution in [2.45, 2.75) is 26.7 Å². The number of para-hydroxylation sites is 1. The van der Waals surface area contributed by atoms with Gasteiger partial charge < -0.3 is 4.74 Å². The number of anilines is 1. The molecule has 0 radical (unpaired) electrons. The van der Waals surface area contributed by atoms with Crippen LogP contribution in [0.15, 0.2) is 30.3 Å². The van der Waals surface area contributed by atoms with Gasteiger partial charge in [-0.2, -0.15) is 0 Å². The monoisotopic (exact) mass is 325 g/mol. The van der Waals surface area contributed by atoms with Crippen LogP contribution in [0.3, 0.4) is 0 Å². The average molecular weight is 325 g/mol. The van der Waals surface area contributed by atoms with E-state index in [1.54, 1.807) is 19.1 Å². The molecule has 1 amide bonds. The molecule has 0 unspecified atom stereocenters. The fourth-order valence-corrected chi connectivity index (χ4v) is 2.85. The lowest BCUT2D eigenvalue weighted by atomic mass is 9.86. The first-order valence-electron chi connectivity index (χ1n) is 7.91. The zero-order chi connectivity index (χ0) is 17.1. The second-order valence-electron chi connectivity index (χ2n) is 6.04. The molecule has 0 saturated carbocycles. The van der Waals surface area contributed by atoms with Crippen molar-refractivity contribution in [3.8, 4) is 5.75 Å². The number of aromatic nitrogens is 2. The van der Waals surface area contributed by atoms with E-state index < -0.39 is 0 Å². The van der Waals surface area contributed by atoms with Gasteiger partial charge in [0.2, 0.25) is 5.95 Å². The number of carbonyl (C=O) groups excluding carboxylic acids is 2. The molecule has 6 heteroatoms. The molecule has 24 heavy (non-hydrogen) atoms. The van der Waals surface area contributed by atoms with Crippen LogP contribution in [0.1, 0.15) is 35.1 Å². The fraction of sp³-hybridized carbons (Fsp3) is 0.333. The van der Waals surface area contributed by atoms with Crippen LogP contribution in [0.4, 0.5) is 5.95 Å². The van der Waals surface area contributed by atoms with Gasteiger partial charge in [0.15, 0.2) is 12.4 Å². The summed E-state index contributed by atoms with van der Waals surface area (Å²) in [6.07, 6.45) is 1.24. The van der Waals surface area contributed by atoms with Crippen LogP contribution < -0.4 is 10.1 Å². The van der Waals surface area contributed by atoms with Crippen LogP contribution in [-0.2, 0) is 11.2 Å². The molecule has 1 N–H and O–H groups in total. The van der Waals surface area contributed by atoms with Crippen molar-refractivity contribution in [1.82, 2.24) is 9.97 Å². The third-order valence-corrected chi connectivity index (χ3v) is 3.88.